The Hall–Kier alpha value is -3.32. The van der Waals surface area contributed by atoms with Crippen molar-refractivity contribution < 1.29 is 22.7 Å². The molecule has 2 heterocycles. The molecule has 40 heavy (non-hydrogen) atoms. The van der Waals surface area contributed by atoms with Gasteiger partial charge in [-0.25, -0.2) is 22.9 Å². The highest BCUT2D eigenvalue weighted by molar-refractivity contribution is 7.89. The molecule has 1 aliphatic heterocycles. The van der Waals surface area contributed by atoms with Crippen molar-refractivity contribution in [3.05, 3.63) is 48.7 Å². The normalized spacial score (nSPS) is 15.7. The average molecular weight is 586 g/mol. The maximum absolute atomic E-state index is 13.5. The van der Waals surface area contributed by atoms with Crippen LogP contribution in [-0.2, 0) is 19.6 Å². The Kier molecular flexibility index (Phi) is 8.93. The van der Waals surface area contributed by atoms with Gasteiger partial charge in [-0.15, -0.1) is 11.3 Å². The topological polar surface area (TPSA) is 139 Å². The number of benzene rings is 2. The zero-order valence-corrected chi connectivity index (χ0v) is 24.8. The average Bonchev–Trinajstić information content (AvgIpc) is 3.55. The maximum atomic E-state index is 13.5. The fourth-order valence-corrected chi connectivity index (χ4v) is 6.90. The number of nitrogens with one attached hydrogen (secondary N) is 4. The number of thiazole rings is 1. The quantitative estimate of drug-likeness (QED) is 0.285. The van der Waals surface area contributed by atoms with E-state index >= 15 is 0 Å². The minimum Gasteiger partial charge on any atom is -0.447 e. The number of nitrogens with zero attached hydrogens (tertiary/aromatic N) is 1. The summed E-state index contributed by atoms with van der Waals surface area (Å²) in [4.78, 5) is 29.8. The molecule has 214 valence electrons. The van der Waals surface area contributed by atoms with Crippen LogP contribution in [-0.4, -0.2) is 49.6 Å². The molecule has 0 saturated carbocycles. The van der Waals surface area contributed by atoms with Gasteiger partial charge in [0.25, 0.3) is 0 Å². The highest BCUT2D eigenvalue weighted by Gasteiger charge is 2.28. The number of hydrogen-bond donors (Lipinski definition) is 4. The SMILES string of the molecule is CC(C)OC(=O)Nc1ccc(-c2ncc(-c3ccc(NC(=O)[C@@H]4CCCN4)cc3S(=O)(=O)NC(C)(C)C)s2)cc1. The van der Waals surface area contributed by atoms with Gasteiger partial charge < -0.3 is 15.4 Å². The number of rotatable bonds is 8. The van der Waals surface area contributed by atoms with E-state index in [9.17, 15) is 18.0 Å². The van der Waals surface area contributed by atoms with Crippen molar-refractivity contribution in [3.8, 4) is 21.0 Å². The van der Waals surface area contributed by atoms with Crippen LogP contribution in [0, 0.1) is 0 Å². The number of carbonyl (C=O) groups excluding carboxylic acids is 2. The highest BCUT2D eigenvalue weighted by Crippen LogP contribution is 2.37. The Bertz CT molecular complexity index is 1470. The molecule has 0 unspecified atom stereocenters. The molecule has 0 bridgehead atoms. The number of amides is 2. The smallest absolute Gasteiger partial charge is 0.411 e. The molecule has 0 aliphatic carbocycles. The second-order valence-electron chi connectivity index (χ2n) is 10.9. The van der Waals surface area contributed by atoms with Gasteiger partial charge in [0.1, 0.15) is 5.01 Å². The molecule has 2 amide bonds. The van der Waals surface area contributed by atoms with Gasteiger partial charge in [-0.05, 0) is 90.4 Å². The van der Waals surface area contributed by atoms with Crippen molar-refractivity contribution in [2.75, 3.05) is 17.2 Å². The van der Waals surface area contributed by atoms with Crippen molar-refractivity contribution in [2.45, 2.75) is 70.0 Å². The van der Waals surface area contributed by atoms with Crippen molar-refractivity contribution in [1.82, 2.24) is 15.0 Å². The number of anilines is 2. The largest absolute Gasteiger partial charge is 0.447 e. The fourth-order valence-electron chi connectivity index (χ4n) is 4.21. The molecule has 1 saturated heterocycles. The zero-order valence-electron chi connectivity index (χ0n) is 23.2. The van der Waals surface area contributed by atoms with Crippen LogP contribution < -0.4 is 20.7 Å². The van der Waals surface area contributed by atoms with E-state index in [4.69, 9.17) is 4.74 Å². The van der Waals surface area contributed by atoms with Crippen molar-refractivity contribution in [3.63, 3.8) is 0 Å². The Labute approximate surface area is 239 Å². The van der Waals surface area contributed by atoms with Crippen LogP contribution >= 0.6 is 11.3 Å². The molecule has 0 spiro atoms. The fraction of sp³-hybridized carbons (Fsp3) is 0.393. The summed E-state index contributed by atoms with van der Waals surface area (Å²) in [6.45, 7) is 9.64. The predicted molar refractivity (Wildman–Crippen MR) is 158 cm³/mol. The minimum atomic E-state index is -3.95. The van der Waals surface area contributed by atoms with Crippen LogP contribution in [0.3, 0.4) is 0 Å². The van der Waals surface area contributed by atoms with E-state index in [2.05, 4.69) is 25.7 Å². The molecule has 4 rings (SSSR count). The van der Waals surface area contributed by atoms with Crippen molar-refractivity contribution in [2.24, 2.45) is 0 Å². The molecule has 1 aliphatic rings. The zero-order chi connectivity index (χ0) is 29.1. The number of sulfonamides is 1. The monoisotopic (exact) mass is 585 g/mol. The molecule has 1 atom stereocenters. The lowest BCUT2D eigenvalue weighted by Crippen LogP contribution is -2.40. The third-order valence-corrected chi connectivity index (χ3v) is 8.73. The van der Waals surface area contributed by atoms with Gasteiger partial charge in [0, 0.05) is 34.2 Å². The van der Waals surface area contributed by atoms with E-state index in [0.717, 1.165) is 24.9 Å². The summed E-state index contributed by atoms with van der Waals surface area (Å²) in [5.41, 5.74) is 1.56. The van der Waals surface area contributed by atoms with E-state index in [1.807, 2.05) is 12.1 Å². The van der Waals surface area contributed by atoms with Crippen LogP contribution in [0.4, 0.5) is 16.2 Å². The van der Waals surface area contributed by atoms with Crippen LogP contribution in [0.1, 0.15) is 47.5 Å². The standard InChI is InChI=1S/C28H35N5O5S2/c1-17(2)38-27(35)32-19-10-8-18(9-11-19)26-30-16-23(39-26)21-13-12-20(31-25(34)22-7-6-14-29-22)15-24(21)40(36,37)33-28(3,4)5/h8-13,15-17,22,29,33H,6-7,14H2,1-5H3,(H,31,34)(H,32,35)/t22-/m0/s1. The molecule has 3 aromatic rings. The molecule has 4 N–H and O–H groups in total. The number of carbonyl (C=O) groups is 2. The van der Waals surface area contributed by atoms with Gasteiger partial charge in [0.05, 0.1) is 21.9 Å². The number of ether oxygens (including phenoxy) is 1. The molecule has 10 nitrogen and oxygen atoms in total. The van der Waals surface area contributed by atoms with Crippen LogP contribution in [0.15, 0.2) is 53.6 Å². The molecule has 12 heteroatoms. The van der Waals surface area contributed by atoms with Gasteiger partial charge in [0.15, 0.2) is 0 Å². The lowest BCUT2D eigenvalue weighted by molar-refractivity contribution is -0.117. The summed E-state index contributed by atoms with van der Waals surface area (Å²) >= 11 is 1.34. The van der Waals surface area contributed by atoms with Crippen molar-refractivity contribution >= 4 is 44.7 Å². The first-order valence-electron chi connectivity index (χ1n) is 13.1. The summed E-state index contributed by atoms with van der Waals surface area (Å²) in [7, 11) is -3.95. The van der Waals surface area contributed by atoms with Crippen molar-refractivity contribution in [1.29, 1.82) is 0 Å². The van der Waals surface area contributed by atoms with Crippen LogP contribution in [0.2, 0.25) is 0 Å². The predicted octanol–water partition coefficient (Wildman–Crippen LogP) is 5.20. The van der Waals surface area contributed by atoms with Gasteiger partial charge in [-0.2, -0.15) is 0 Å². The van der Waals surface area contributed by atoms with E-state index in [0.29, 0.717) is 26.8 Å². The van der Waals surface area contributed by atoms with E-state index < -0.39 is 21.7 Å². The number of aromatic nitrogens is 1. The summed E-state index contributed by atoms with van der Waals surface area (Å²) in [5, 5.41) is 9.36. The first kappa shape index (κ1) is 29.7. The summed E-state index contributed by atoms with van der Waals surface area (Å²) in [6.07, 6.45) is 2.54. The lowest BCUT2D eigenvalue weighted by atomic mass is 10.1. The third-order valence-electron chi connectivity index (χ3n) is 5.85. The van der Waals surface area contributed by atoms with E-state index in [1.165, 1.54) is 17.4 Å². The van der Waals surface area contributed by atoms with E-state index in [-0.39, 0.29) is 22.9 Å². The minimum absolute atomic E-state index is 0.0537. The maximum Gasteiger partial charge on any atom is 0.411 e. The lowest BCUT2D eigenvalue weighted by Gasteiger charge is -2.22. The Balaban J connectivity index is 1.62. The third kappa shape index (κ3) is 7.66. The second-order valence-corrected chi connectivity index (χ2v) is 13.6. The first-order chi connectivity index (χ1) is 18.8. The Morgan fingerprint density at radius 3 is 2.40 bits per heavy atom. The molecule has 1 aromatic heterocycles. The second kappa shape index (κ2) is 12.0. The van der Waals surface area contributed by atoms with Gasteiger partial charge in [0.2, 0.25) is 15.9 Å². The van der Waals surface area contributed by atoms with Crippen LogP contribution in [0.5, 0.6) is 0 Å². The molecular weight excluding hydrogens is 550 g/mol. The highest BCUT2D eigenvalue weighted by atomic mass is 32.2. The summed E-state index contributed by atoms with van der Waals surface area (Å²) in [6, 6.07) is 11.7. The summed E-state index contributed by atoms with van der Waals surface area (Å²) < 4.78 is 34.8. The molecule has 0 radical (unpaired) electrons. The number of hydrogen-bond acceptors (Lipinski definition) is 8. The Morgan fingerprint density at radius 1 is 1.07 bits per heavy atom. The molecule has 1 fully saturated rings. The van der Waals surface area contributed by atoms with Gasteiger partial charge >= 0.3 is 6.09 Å². The first-order valence-corrected chi connectivity index (χ1v) is 15.4. The molecule has 2 aromatic carbocycles. The van der Waals surface area contributed by atoms with E-state index in [1.54, 1.807) is 65.1 Å². The van der Waals surface area contributed by atoms with Crippen LogP contribution in [0.25, 0.3) is 21.0 Å². The Morgan fingerprint density at radius 2 is 1.77 bits per heavy atom. The van der Waals surface area contributed by atoms with Gasteiger partial charge in [-0.3, -0.25) is 10.1 Å². The summed E-state index contributed by atoms with van der Waals surface area (Å²) in [5.74, 6) is -0.187. The molecular formula is C28H35N5O5S2. The van der Waals surface area contributed by atoms with Gasteiger partial charge in [-0.1, -0.05) is 6.07 Å².